The van der Waals surface area contributed by atoms with Crippen LogP contribution >= 0.6 is 11.6 Å². The summed E-state index contributed by atoms with van der Waals surface area (Å²) >= 11 is 6.47. The molecule has 0 amide bonds. The van der Waals surface area contributed by atoms with Gasteiger partial charge in [-0.3, -0.25) is 14.7 Å². The van der Waals surface area contributed by atoms with Crippen molar-refractivity contribution in [2.24, 2.45) is 0 Å². The van der Waals surface area contributed by atoms with Crippen LogP contribution in [-0.4, -0.2) is 59.0 Å². The van der Waals surface area contributed by atoms with E-state index in [1.165, 1.54) is 15.9 Å². The van der Waals surface area contributed by atoms with Gasteiger partial charge in [0.15, 0.2) is 6.23 Å². The number of rotatable bonds is 6. The molecule has 2 fully saturated rings. The molecule has 1 unspecified atom stereocenters. The normalized spacial score (nSPS) is 20.5. The van der Waals surface area contributed by atoms with Crippen LogP contribution in [0.25, 0.3) is 0 Å². The van der Waals surface area contributed by atoms with E-state index in [4.69, 9.17) is 16.3 Å². The first kappa shape index (κ1) is 21.3. The molecule has 2 aromatic rings. The first-order chi connectivity index (χ1) is 14.7. The van der Waals surface area contributed by atoms with Crippen LogP contribution in [0, 0.1) is 0 Å². The minimum atomic E-state index is -0.296. The highest BCUT2D eigenvalue weighted by Gasteiger charge is 2.24. The summed E-state index contributed by atoms with van der Waals surface area (Å²) in [6.45, 7) is 7.37. The third-order valence-corrected chi connectivity index (χ3v) is 6.44. The predicted molar refractivity (Wildman–Crippen MR) is 118 cm³/mol. The molecule has 0 aromatic carbocycles. The third-order valence-electron chi connectivity index (χ3n) is 6.08. The zero-order valence-corrected chi connectivity index (χ0v) is 18.4. The van der Waals surface area contributed by atoms with E-state index < -0.39 is 0 Å². The Morgan fingerprint density at radius 3 is 2.80 bits per heavy atom. The van der Waals surface area contributed by atoms with Gasteiger partial charge in [0.05, 0.1) is 11.9 Å². The summed E-state index contributed by atoms with van der Waals surface area (Å²) in [5.74, 6) is 0. The fraction of sp³-hybridized carbons (Fsp3) is 0.591. The SMILES string of the molecule is CCc1ncccc1CCN1CCN(c2cnn(C3CCCCO3)c(=O)c2Cl)CC1. The largest absolute Gasteiger partial charge is 0.366 e. The summed E-state index contributed by atoms with van der Waals surface area (Å²) < 4.78 is 7.10. The molecule has 30 heavy (non-hydrogen) atoms. The minimum absolute atomic E-state index is 0.246. The van der Waals surface area contributed by atoms with Crippen LogP contribution < -0.4 is 10.5 Å². The Bertz CT molecular complexity index is 905. The van der Waals surface area contributed by atoms with Crippen LogP contribution in [0.4, 0.5) is 5.69 Å². The van der Waals surface area contributed by atoms with Crippen molar-refractivity contribution >= 4 is 17.3 Å². The molecule has 7 nitrogen and oxygen atoms in total. The van der Waals surface area contributed by atoms with Crippen molar-refractivity contribution in [1.82, 2.24) is 19.7 Å². The van der Waals surface area contributed by atoms with Crippen molar-refractivity contribution in [2.75, 3.05) is 44.2 Å². The lowest BCUT2D eigenvalue weighted by atomic mass is 10.1. The van der Waals surface area contributed by atoms with E-state index in [1.807, 2.05) is 12.3 Å². The summed E-state index contributed by atoms with van der Waals surface area (Å²) in [6.07, 6.45) is 8.14. The number of halogens is 1. The Balaban J connectivity index is 1.36. The van der Waals surface area contributed by atoms with E-state index in [0.29, 0.717) is 6.61 Å². The maximum absolute atomic E-state index is 12.8. The summed E-state index contributed by atoms with van der Waals surface area (Å²) in [5, 5.41) is 4.63. The Kier molecular flexibility index (Phi) is 7.02. The van der Waals surface area contributed by atoms with Crippen LogP contribution in [0.5, 0.6) is 0 Å². The first-order valence-corrected chi connectivity index (χ1v) is 11.3. The Morgan fingerprint density at radius 1 is 1.23 bits per heavy atom. The van der Waals surface area contributed by atoms with Crippen molar-refractivity contribution < 1.29 is 4.74 Å². The van der Waals surface area contributed by atoms with Gasteiger partial charge in [-0.1, -0.05) is 24.6 Å². The number of piperazine rings is 1. The lowest BCUT2D eigenvalue weighted by molar-refractivity contribution is -0.0424. The van der Waals surface area contributed by atoms with E-state index in [2.05, 4.69) is 32.9 Å². The molecule has 0 radical (unpaired) electrons. The van der Waals surface area contributed by atoms with Crippen LogP contribution in [0.3, 0.4) is 0 Å². The maximum Gasteiger partial charge on any atom is 0.290 e. The van der Waals surface area contributed by atoms with Gasteiger partial charge in [0.25, 0.3) is 5.56 Å². The van der Waals surface area contributed by atoms with Crippen LogP contribution in [0.2, 0.25) is 5.02 Å². The highest BCUT2D eigenvalue weighted by molar-refractivity contribution is 6.33. The van der Waals surface area contributed by atoms with E-state index in [9.17, 15) is 4.79 Å². The van der Waals surface area contributed by atoms with Crippen LogP contribution in [0.1, 0.15) is 43.7 Å². The molecular weight excluding hydrogens is 402 g/mol. The minimum Gasteiger partial charge on any atom is -0.366 e. The second-order valence-electron chi connectivity index (χ2n) is 7.96. The number of hydrogen-bond acceptors (Lipinski definition) is 6. The number of aromatic nitrogens is 3. The Morgan fingerprint density at radius 2 is 2.07 bits per heavy atom. The van der Waals surface area contributed by atoms with Crippen molar-refractivity contribution in [2.45, 2.75) is 45.3 Å². The second-order valence-corrected chi connectivity index (χ2v) is 8.33. The molecule has 1 atom stereocenters. The zero-order valence-electron chi connectivity index (χ0n) is 17.6. The third kappa shape index (κ3) is 4.68. The van der Waals surface area contributed by atoms with E-state index in [-0.39, 0.29) is 16.8 Å². The number of anilines is 1. The molecule has 0 N–H and O–H groups in total. The lowest BCUT2D eigenvalue weighted by Crippen LogP contribution is -2.47. The van der Waals surface area contributed by atoms with Gasteiger partial charge in [-0.25, -0.2) is 0 Å². The fourth-order valence-corrected chi connectivity index (χ4v) is 4.54. The molecule has 0 aliphatic carbocycles. The Labute approximate surface area is 182 Å². The van der Waals surface area contributed by atoms with Crippen molar-refractivity contribution in [3.63, 3.8) is 0 Å². The summed E-state index contributed by atoms with van der Waals surface area (Å²) in [6, 6.07) is 4.19. The van der Waals surface area contributed by atoms with Gasteiger partial charge in [-0.2, -0.15) is 9.78 Å². The molecule has 2 aromatic heterocycles. The van der Waals surface area contributed by atoms with E-state index in [1.54, 1.807) is 6.20 Å². The van der Waals surface area contributed by atoms with Gasteiger partial charge in [0, 0.05) is 51.2 Å². The molecule has 2 aliphatic heterocycles. The van der Waals surface area contributed by atoms with Gasteiger partial charge < -0.3 is 9.64 Å². The monoisotopic (exact) mass is 431 g/mol. The van der Waals surface area contributed by atoms with E-state index in [0.717, 1.165) is 70.5 Å². The number of aryl methyl sites for hydroxylation is 1. The van der Waals surface area contributed by atoms with Crippen molar-refractivity contribution in [3.8, 4) is 0 Å². The molecule has 4 heterocycles. The summed E-state index contributed by atoms with van der Waals surface area (Å²) in [7, 11) is 0. The molecule has 8 heteroatoms. The molecule has 162 valence electrons. The number of pyridine rings is 1. The first-order valence-electron chi connectivity index (χ1n) is 11.0. The molecule has 2 saturated heterocycles. The topological polar surface area (TPSA) is 63.5 Å². The number of nitrogens with zero attached hydrogens (tertiary/aromatic N) is 5. The van der Waals surface area contributed by atoms with Gasteiger partial charge >= 0.3 is 0 Å². The molecule has 0 bridgehead atoms. The van der Waals surface area contributed by atoms with Crippen molar-refractivity contribution in [3.05, 3.63) is 51.2 Å². The fourth-order valence-electron chi connectivity index (χ4n) is 4.29. The maximum atomic E-state index is 12.8. The molecule has 0 spiro atoms. The van der Waals surface area contributed by atoms with Crippen molar-refractivity contribution in [1.29, 1.82) is 0 Å². The standard InChI is InChI=1S/C22H30ClN5O2/c1-2-18-17(6-5-9-24-18)8-10-26-11-13-27(14-12-26)19-16-25-28(22(29)21(19)23)20-7-3-4-15-30-20/h5-6,9,16,20H,2-4,7-8,10-15H2,1H3. The highest BCUT2D eigenvalue weighted by Crippen LogP contribution is 2.25. The van der Waals surface area contributed by atoms with Gasteiger partial charge in [-0.15, -0.1) is 0 Å². The predicted octanol–water partition coefficient (Wildman–Crippen LogP) is 2.92. The average Bonchev–Trinajstić information content (AvgIpc) is 2.80. The molecule has 2 aliphatic rings. The van der Waals surface area contributed by atoms with Gasteiger partial charge in [-0.05, 0) is 43.7 Å². The number of hydrogen-bond donors (Lipinski definition) is 0. The lowest BCUT2D eigenvalue weighted by Gasteiger charge is -2.36. The zero-order chi connectivity index (χ0) is 20.9. The quantitative estimate of drug-likeness (QED) is 0.700. The molecule has 4 rings (SSSR count). The van der Waals surface area contributed by atoms with Crippen LogP contribution in [-0.2, 0) is 17.6 Å². The van der Waals surface area contributed by atoms with Crippen LogP contribution in [0.15, 0.2) is 29.3 Å². The average molecular weight is 432 g/mol. The smallest absolute Gasteiger partial charge is 0.290 e. The summed E-state index contributed by atoms with van der Waals surface area (Å²) in [4.78, 5) is 21.9. The van der Waals surface area contributed by atoms with Gasteiger partial charge in [0.1, 0.15) is 5.02 Å². The number of ether oxygens (including phenoxy) is 1. The van der Waals surface area contributed by atoms with E-state index >= 15 is 0 Å². The molecular formula is C22H30ClN5O2. The highest BCUT2D eigenvalue weighted by atomic mass is 35.5. The molecule has 0 saturated carbocycles. The second kappa shape index (κ2) is 9.90. The Hall–Kier alpha value is -1.96. The summed E-state index contributed by atoms with van der Waals surface area (Å²) in [5.41, 5.74) is 3.00. The van der Waals surface area contributed by atoms with Gasteiger partial charge in [0.2, 0.25) is 0 Å².